The molecule has 1 aliphatic carbocycles. The lowest BCUT2D eigenvalue weighted by atomic mass is 10.0. The van der Waals surface area contributed by atoms with Crippen LogP contribution in [0.2, 0.25) is 0 Å². The lowest BCUT2D eigenvalue weighted by Crippen LogP contribution is -2.09. The molecule has 112 valence electrons. The van der Waals surface area contributed by atoms with E-state index >= 15 is 0 Å². The first kappa shape index (κ1) is 16.5. The van der Waals surface area contributed by atoms with Crippen LogP contribution in [0.1, 0.15) is 96.3 Å². The van der Waals surface area contributed by atoms with Crippen LogP contribution in [0.25, 0.3) is 0 Å². The van der Waals surface area contributed by atoms with Gasteiger partial charge in [0.2, 0.25) is 5.91 Å². The van der Waals surface area contributed by atoms with Crippen LogP contribution >= 0.6 is 0 Å². The number of rotatable bonds is 14. The van der Waals surface area contributed by atoms with Crippen LogP contribution in [-0.2, 0) is 4.79 Å². The Labute approximate surface area is 119 Å². The third kappa shape index (κ3) is 12.3. The van der Waals surface area contributed by atoms with E-state index in [1.54, 1.807) is 0 Å². The first-order chi connectivity index (χ1) is 9.29. The highest BCUT2D eigenvalue weighted by atomic mass is 16.1. The Morgan fingerprint density at radius 3 is 1.58 bits per heavy atom. The summed E-state index contributed by atoms with van der Waals surface area (Å²) in [5.74, 6) is 0.969. The van der Waals surface area contributed by atoms with Crippen molar-refractivity contribution < 1.29 is 4.79 Å². The van der Waals surface area contributed by atoms with Gasteiger partial charge in [0.15, 0.2) is 0 Å². The molecular weight excluding hydrogens is 234 g/mol. The van der Waals surface area contributed by atoms with Crippen LogP contribution in [0.15, 0.2) is 0 Å². The zero-order chi connectivity index (χ0) is 13.8. The van der Waals surface area contributed by atoms with Crippen molar-refractivity contribution in [3.05, 3.63) is 0 Å². The monoisotopic (exact) mass is 267 g/mol. The highest BCUT2D eigenvalue weighted by Gasteiger charge is 2.19. The molecule has 2 heteroatoms. The van der Waals surface area contributed by atoms with Crippen molar-refractivity contribution in [2.45, 2.75) is 96.3 Å². The smallest absolute Gasteiger partial charge is 0.217 e. The second-order valence-electron chi connectivity index (χ2n) is 6.34. The molecule has 0 aromatic heterocycles. The maximum atomic E-state index is 10.5. The fourth-order valence-electron chi connectivity index (χ4n) is 2.73. The number of carbonyl (C=O) groups excluding carboxylic acids is 1. The first-order valence-electron chi connectivity index (χ1n) is 8.57. The second-order valence-corrected chi connectivity index (χ2v) is 6.34. The highest BCUT2D eigenvalue weighted by Crippen LogP contribution is 2.34. The minimum atomic E-state index is -0.151. The van der Waals surface area contributed by atoms with Gasteiger partial charge in [0, 0.05) is 6.42 Å². The van der Waals surface area contributed by atoms with Gasteiger partial charge in [0.1, 0.15) is 0 Å². The van der Waals surface area contributed by atoms with Crippen molar-refractivity contribution in [1.82, 2.24) is 0 Å². The molecule has 0 spiro atoms. The van der Waals surface area contributed by atoms with Crippen molar-refractivity contribution in [3.63, 3.8) is 0 Å². The third-order valence-corrected chi connectivity index (χ3v) is 4.23. The largest absolute Gasteiger partial charge is 0.370 e. The zero-order valence-corrected chi connectivity index (χ0v) is 12.7. The van der Waals surface area contributed by atoms with Gasteiger partial charge >= 0.3 is 0 Å². The minimum absolute atomic E-state index is 0.151. The number of carbonyl (C=O) groups is 1. The van der Waals surface area contributed by atoms with E-state index in [2.05, 4.69) is 0 Å². The van der Waals surface area contributed by atoms with E-state index in [0.717, 1.165) is 12.3 Å². The molecule has 1 saturated carbocycles. The van der Waals surface area contributed by atoms with Gasteiger partial charge in [-0.2, -0.15) is 0 Å². The fraction of sp³-hybridized carbons (Fsp3) is 0.941. The Hall–Kier alpha value is -0.530. The molecule has 1 aliphatic rings. The molecule has 2 nitrogen and oxygen atoms in total. The fourth-order valence-corrected chi connectivity index (χ4v) is 2.73. The van der Waals surface area contributed by atoms with Crippen LogP contribution in [0.5, 0.6) is 0 Å². The summed E-state index contributed by atoms with van der Waals surface area (Å²) in [6, 6.07) is 0. The Balaban J connectivity index is 1.63. The van der Waals surface area contributed by atoms with Gasteiger partial charge in [0.05, 0.1) is 0 Å². The van der Waals surface area contributed by atoms with Gasteiger partial charge in [0.25, 0.3) is 0 Å². The first-order valence-corrected chi connectivity index (χ1v) is 8.57. The minimum Gasteiger partial charge on any atom is -0.370 e. The molecule has 0 saturated heterocycles. The summed E-state index contributed by atoms with van der Waals surface area (Å²) < 4.78 is 0. The van der Waals surface area contributed by atoms with Crippen molar-refractivity contribution in [2.75, 3.05) is 0 Å². The molecule has 0 radical (unpaired) electrons. The van der Waals surface area contributed by atoms with Crippen molar-refractivity contribution in [2.24, 2.45) is 11.7 Å². The SMILES string of the molecule is NC(=O)CCCCCCCCCCCCCC1CC1. The highest BCUT2D eigenvalue weighted by molar-refractivity contribution is 5.73. The van der Waals surface area contributed by atoms with E-state index in [1.165, 1.54) is 83.5 Å². The van der Waals surface area contributed by atoms with Gasteiger partial charge < -0.3 is 5.73 Å². The molecule has 1 fully saturated rings. The van der Waals surface area contributed by atoms with Gasteiger partial charge in [-0.05, 0) is 12.3 Å². The average Bonchev–Trinajstić information content (AvgIpc) is 3.18. The number of amides is 1. The summed E-state index contributed by atoms with van der Waals surface area (Å²) in [5.41, 5.74) is 5.10. The molecule has 1 rings (SSSR count). The molecule has 19 heavy (non-hydrogen) atoms. The van der Waals surface area contributed by atoms with E-state index in [0.29, 0.717) is 6.42 Å². The normalized spacial score (nSPS) is 14.7. The quantitative estimate of drug-likeness (QED) is 0.444. The van der Waals surface area contributed by atoms with E-state index in [1.807, 2.05) is 0 Å². The number of unbranched alkanes of at least 4 members (excludes halogenated alkanes) is 10. The summed E-state index contributed by atoms with van der Waals surface area (Å²) >= 11 is 0. The van der Waals surface area contributed by atoms with Gasteiger partial charge in [-0.1, -0.05) is 83.5 Å². The van der Waals surface area contributed by atoms with Crippen molar-refractivity contribution >= 4 is 5.91 Å². The predicted molar refractivity (Wildman–Crippen MR) is 81.9 cm³/mol. The molecule has 0 atom stereocenters. The number of hydrogen-bond acceptors (Lipinski definition) is 1. The second kappa shape index (κ2) is 11.3. The Morgan fingerprint density at radius 2 is 1.16 bits per heavy atom. The van der Waals surface area contributed by atoms with E-state index in [4.69, 9.17) is 5.73 Å². The molecular formula is C17H33NO. The molecule has 1 amide bonds. The standard InChI is InChI=1S/C17H33NO/c18-17(19)13-11-9-7-5-3-1-2-4-6-8-10-12-16-14-15-16/h16H,1-15H2,(H2,18,19). The number of nitrogens with two attached hydrogens (primary N) is 1. The zero-order valence-electron chi connectivity index (χ0n) is 12.7. The van der Waals surface area contributed by atoms with Crippen LogP contribution in [-0.4, -0.2) is 5.91 Å². The maximum Gasteiger partial charge on any atom is 0.217 e. The number of primary amides is 1. The molecule has 0 heterocycles. The van der Waals surface area contributed by atoms with Crippen molar-refractivity contribution in [3.8, 4) is 0 Å². The van der Waals surface area contributed by atoms with Crippen LogP contribution in [0, 0.1) is 5.92 Å². The molecule has 0 unspecified atom stereocenters. The Bertz CT molecular complexity index is 223. The predicted octanol–water partition coefficient (Wildman–Crippen LogP) is 4.95. The van der Waals surface area contributed by atoms with E-state index in [9.17, 15) is 4.79 Å². The molecule has 0 bridgehead atoms. The van der Waals surface area contributed by atoms with Gasteiger partial charge in [-0.3, -0.25) is 4.79 Å². The van der Waals surface area contributed by atoms with Gasteiger partial charge in [-0.25, -0.2) is 0 Å². The summed E-state index contributed by atoms with van der Waals surface area (Å²) in [5, 5.41) is 0. The van der Waals surface area contributed by atoms with Crippen molar-refractivity contribution in [1.29, 1.82) is 0 Å². The van der Waals surface area contributed by atoms with E-state index in [-0.39, 0.29) is 5.91 Å². The molecule has 0 aromatic carbocycles. The maximum absolute atomic E-state index is 10.5. The molecule has 2 N–H and O–H groups in total. The lowest BCUT2D eigenvalue weighted by molar-refractivity contribution is -0.118. The summed E-state index contributed by atoms with van der Waals surface area (Å²) in [4.78, 5) is 10.5. The van der Waals surface area contributed by atoms with E-state index < -0.39 is 0 Å². The lowest BCUT2D eigenvalue weighted by Gasteiger charge is -2.02. The Kier molecular flexibility index (Phi) is 9.84. The van der Waals surface area contributed by atoms with Crippen LogP contribution < -0.4 is 5.73 Å². The average molecular weight is 267 g/mol. The summed E-state index contributed by atoms with van der Waals surface area (Å²) in [6.45, 7) is 0. The number of hydrogen-bond donors (Lipinski definition) is 1. The molecule has 0 aromatic rings. The summed E-state index contributed by atoms with van der Waals surface area (Å²) in [6.07, 6.45) is 19.9. The summed E-state index contributed by atoms with van der Waals surface area (Å²) in [7, 11) is 0. The van der Waals surface area contributed by atoms with Crippen LogP contribution in [0.4, 0.5) is 0 Å². The van der Waals surface area contributed by atoms with Gasteiger partial charge in [-0.15, -0.1) is 0 Å². The third-order valence-electron chi connectivity index (χ3n) is 4.23. The van der Waals surface area contributed by atoms with Crippen LogP contribution in [0.3, 0.4) is 0 Å². The molecule has 0 aliphatic heterocycles. The topological polar surface area (TPSA) is 43.1 Å². The Morgan fingerprint density at radius 1 is 0.737 bits per heavy atom.